The smallest absolute Gasteiger partial charge is 0.291 e. The number of hydrogen-bond acceptors (Lipinski definition) is 7. The van der Waals surface area contributed by atoms with Gasteiger partial charge in [0, 0.05) is 34.1 Å². The van der Waals surface area contributed by atoms with E-state index in [9.17, 15) is 4.79 Å². The van der Waals surface area contributed by atoms with Crippen LogP contribution in [0.5, 0.6) is 5.75 Å². The topological polar surface area (TPSA) is 126 Å². The maximum absolute atomic E-state index is 12.6. The average molecular weight is 572 g/mol. The van der Waals surface area contributed by atoms with Gasteiger partial charge in [-0.3, -0.25) is 4.79 Å². The number of rotatable bonds is 8. The molecule has 0 radical (unpaired) electrons. The molecule has 2 heterocycles. The molecule has 1 N–H and O–H groups in total. The molecule has 0 spiro atoms. The maximum atomic E-state index is 12.6. The molecular formula is C27H23Cl2N3O7. The molecule has 3 aromatic carbocycles. The zero-order valence-electron chi connectivity index (χ0n) is 20.4. The Balaban J connectivity index is 0.000000826. The number of aromatic nitrogens is 2. The summed E-state index contributed by atoms with van der Waals surface area (Å²) >= 11 is 12.6. The minimum absolute atomic E-state index is 0.0335. The predicted molar refractivity (Wildman–Crippen MR) is 142 cm³/mol. The van der Waals surface area contributed by atoms with Crippen molar-refractivity contribution in [2.75, 3.05) is 13.2 Å². The van der Waals surface area contributed by atoms with Crippen LogP contribution < -0.4 is 4.74 Å². The van der Waals surface area contributed by atoms with Crippen LogP contribution in [0.25, 0.3) is 0 Å². The molecule has 1 aliphatic rings. The highest BCUT2D eigenvalue weighted by Gasteiger charge is 2.45. The highest BCUT2D eigenvalue weighted by molar-refractivity contribution is 6.35. The number of ketones is 1. The van der Waals surface area contributed by atoms with Crippen molar-refractivity contribution in [1.82, 2.24) is 9.55 Å². The lowest BCUT2D eigenvalue weighted by molar-refractivity contribution is -0.742. The molecule has 1 fully saturated rings. The zero-order chi connectivity index (χ0) is 27.8. The molecule has 4 aromatic rings. The van der Waals surface area contributed by atoms with E-state index in [1.807, 2.05) is 35.0 Å². The molecule has 10 nitrogen and oxygen atoms in total. The molecule has 0 saturated carbocycles. The Labute approximate surface area is 233 Å². The second kappa shape index (κ2) is 12.7. The van der Waals surface area contributed by atoms with Crippen molar-refractivity contribution in [3.63, 3.8) is 0 Å². The summed E-state index contributed by atoms with van der Waals surface area (Å²) in [6.45, 7) is 0.947. The van der Waals surface area contributed by atoms with Crippen molar-refractivity contribution in [2.45, 2.75) is 18.4 Å². The van der Waals surface area contributed by atoms with E-state index < -0.39 is 10.9 Å². The van der Waals surface area contributed by atoms with Gasteiger partial charge in [0.25, 0.3) is 5.09 Å². The largest absolute Gasteiger partial charge is 0.491 e. The molecule has 202 valence electrons. The van der Waals surface area contributed by atoms with Crippen LogP contribution in [0.4, 0.5) is 0 Å². The summed E-state index contributed by atoms with van der Waals surface area (Å²) in [7, 11) is 0. The molecule has 12 heteroatoms. The van der Waals surface area contributed by atoms with E-state index >= 15 is 0 Å². The number of imidazole rings is 1. The van der Waals surface area contributed by atoms with Crippen LogP contribution in [0.3, 0.4) is 0 Å². The van der Waals surface area contributed by atoms with Gasteiger partial charge in [-0.15, -0.1) is 10.1 Å². The lowest BCUT2D eigenvalue weighted by atomic mass is 10.0. The third kappa shape index (κ3) is 7.33. The number of benzene rings is 3. The number of halogens is 2. The number of nitrogens with zero attached hydrogens (tertiary/aromatic N) is 3. The van der Waals surface area contributed by atoms with Crippen molar-refractivity contribution < 1.29 is 29.3 Å². The van der Waals surface area contributed by atoms with Gasteiger partial charge >= 0.3 is 0 Å². The van der Waals surface area contributed by atoms with Crippen LogP contribution in [0, 0.1) is 10.1 Å². The predicted octanol–water partition coefficient (Wildman–Crippen LogP) is 5.42. The Bertz CT molecular complexity index is 1400. The van der Waals surface area contributed by atoms with E-state index in [1.54, 1.807) is 61.1 Å². The van der Waals surface area contributed by atoms with E-state index in [-0.39, 0.29) is 18.5 Å². The molecule has 2 unspecified atom stereocenters. The molecule has 1 aliphatic heterocycles. The van der Waals surface area contributed by atoms with Crippen LogP contribution in [0.1, 0.15) is 21.5 Å². The molecule has 1 aromatic heterocycles. The van der Waals surface area contributed by atoms with Crippen LogP contribution >= 0.6 is 23.2 Å². The number of hydrogen-bond donors (Lipinski definition) is 1. The Morgan fingerprint density at radius 3 is 2.46 bits per heavy atom. The number of ether oxygens (including phenoxy) is 3. The van der Waals surface area contributed by atoms with Crippen molar-refractivity contribution >= 4 is 29.0 Å². The van der Waals surface area contributed by atoms with Crippen LogP contribution in [0.2, 0.25) is 10.0 Å². The van der Waals surface area contributed by atoms with Crippen LogP contribution in [-0.2, 0) is 21.8 Å². The molecule has 39 heavy (non-hydrogen) atoms. The number of carbonyl (C=O) groups is 1. The molecule has 5 rings (SSSR count). The van der Waals surface area contributed by atoms with E-state index in [0.717, 1.165) is 0 Å². The van der Waals surface area contributed by atoms with Gasteiger partial charge in [0.05, 0.1) is 24.5 Å². The van der Waals surface area contributed by atoms with Gasteiger partial charge in [-0.25, -0.2) is 4.98 Å². The minimum Gasteiger partial charge on any atom is -0.491 e. The summed E-state index contributed by atoms with van der Waals surface area (Å²) in [5, 5.41) is 14.6. The van der Waals surface area contributed by atoms with E-state index in [4.69, 9.17) is 52.7 Å². The fraction of sp³-hybridized carbons (Fsp3) is 0.185. The third-order valence-electron chi connectivity index (χ3n) is 5.74. The second-order valence-electron chi connectivity index (χ2n) is 8.43. The van der Waals surface area contributed by atoms with Gasteiger partial charge in [-0.05, 0) is 36.4 Å². The fourth-order valence-corrected chi connectivity index (χ4v) is 4.58. The molecule has 0 bridgehead atoms. The van der Waals surface area contributed by atoms with Crippen LogP contribution in [-0.4, -0.2) is 44.9 Å². The van der Waals surface area contributed by atoms with Crippen molar-refractivity contribution in [1.29, 1.82) is 0 Å². The van der Waals surface area contributed by atoms with Gasteiger partial charge in [-0.2, -0.15) is 0 Å². The highest BCUT2D eigenvalue weighted by Crippen LogP contribution is 2.40. The average Bonchev–Trinajstić information content (AvgIpc) is 3.58. The first kappa shape index (κ1) is 28.1. The lowest BCUT2D eigenvalue weighted by Crippen LogP contribution is -2.34. The van der Waals surface area contributed by atoms with Crippen LogP contribution in [0.15, 0.2) is 91.5 Å². The zero-order valence-corrected chi connectivity index (χ0v) is 21.9. The summed E-state index contributed by atoms with van der Waals surface area (Å²) in [5.74, 6) is -0.508. The van der Waals surface area contributed by atoms with Crippen molar-refractivity contribution in [2.24, 2.45) is 0 Å². The standard InChI is InChI=1S/C27H22Cl2N2O4.HNO3/c28-21-8-11-24(25(29)14-21)27(17-31-13-12-30-18-31)34-16-23(35-27)15-33-22-9-6-20(7-10-22)26(32)19-4-2-1-3-5-19;2-1(3)4/h1-14,18,23H,15-17H2;(H,2,3,4). The summed E-state index contributed by atoms with van der Waals surface area (Å²) in [5.41, 5.74) is 1.93. The molecule has 1 saturated heterocycles. The summed E-state index contributed by atoms with van der Waals surface area (Å²) in [4.78, 5) is 25.1. The monoisotopic (exact) mass is 571 g/mol. The van der Waals surface area contributed by atoms with Gasteiger partial charge in [-0.1, -0.05) is 59.6 Å². The SMILES string of the molecule is O=C(c1ccccc1)c1ccc(OCC2COC(Cn3ccnc3)(c3ccc(Cl)cc3Cl)O2)cc1.O=[N+]([O-])O. The Morgan fingerprint density at radius 1 is 1.13 bits per heavy atom. The second-order valence-corrected chi connectivity index (χ2v) is 9.27. The van der Waals surface area contributed by atoms with E-state index in [2.05, 4.69) is 4.98 Å². The third-order valence-corrected chi connectivity index (χ3v) is 6.29. The molecule has 0 amide bonds. The lowest BCUT2D eigenvalue weighted by Gasteiger charge is -2.30. The summed E-state index contributed by atoms with van der Waals surface area (Å²) in [6, 6.07) is 21.5. The first-order valence-electron chi connectivity index (χ1n) is 11.6. The van der Waals surface area contributed by atoms with Crippen molar-refractivity contribution in [3.8, 4) is 5.75 Å². The minimum atomic E-state index is -1.50. The normalized spacial score (nSPS) is 18.2. The molecule has 2 atom stereocenters. The first-order valence-corrected chi connectivity index (χ1v) is 12.4. The first-order chi connectivity index (χ1) is 18.8. The van der Waals surface area contributed by atoms with Gasteiger partial charge < -0.3 is 24.0 Å². The Kier molecular flexibility index (Phi) is 9.15. The Morgan fingerprint density at radius 2 is 1.82 bits per heavy atom. The maximum Gasteiger partial charge on any atom is 0.291 e. The van der Waals surface area contributed by atoms with E-state index in [1.165, 1.54) is 0 Å². The Hall–Kier alpha value is -3.96. The van der Waals surface area contributed by atoms with E-state index in [0.29, 0.717) is 45.6 Å². The van der Waals surface area contributed by atoms with Crippen molar-refractivity contribution in [3.05, 3.63) is 128 Å². The molecule has 0 aliphatic carbocycles. The van der Waals surface area contributed by atoms with Gasteiger partial charge in [0.15, 0.2) is 5.78 Å². The van der Waals surface area contributed by atoms with Gasteiger partial charge in [0.1, 0.15) is 18.5 Å². The quantitative estimate of drug-likeness (QED) is 0.169. The highest BCUT2D eigenvalue weighted by atomic mass is 35.5. The van der Waals surface area contributed by atoms with Gasteiger partial charge in [0.2, 0.25) is 5.79 Å². The molecular weight excluding hydrogens is 549 g/mol. The fourth-order valence-electron chi connectivity index (χ4n) is 4.02. The summed E-state index contributed by atoms with van der Waals surface area (Å²) in [6.07, 6.45) is 4.88. The summed E-state index contributed by atoms with van der Waals surface area (Å²) < 4.78 is 20.4. The number of carbonyl (C=O) groups excluding carboxylic acids is 1.